The third-order valence-corrected chi connectivity index (χ3v) is 4.26. The predicted molar refractivity (Wildman–Crippen MR) is 84.1 cm³/mol. The Kier molecular flexibility index (Phi) is 5.46. The fourth-order valence-electron chi connectivity index (χ4n) is 2.92. The zero-order valence-electron chi connectivity index (χ0n) is 14.6. The summed E-state index contributed by atoms with van der Waals surface area (Å²) in [5, 5.41) is 2.83. The van der Waals surface area contributed by atoms with Crippen molar-refractivity contribution in [1.29, 1.82) is 0 Å². The molecule has 1 rings (SSSR count). The second kappa shape index (κ2) is 6.37. The number of carbonyl (C=O) groups excluding carboxylic acids is 2. The molecule has 21 heavy (non-hydrogen) atoms. The fourth-order valence-corrected chi connectivity index (χ4v) is 2.92. The molecule has 0 saturated heterocycles. The topological polar surface area (TPSA) is 55.4 Å². The molecule has 1 aliphatic rings. The van der Waals surface area contributed by atoms with Crippen molar-refractivity contribution in [1.82, 2.24) is 5.32 Å². The SMILES string of the molecule is CC(NC(=O)OC(C)(C)C)C1CC(C(C)(C)C)CCC1=O. The van der Waals surface area contributed by atoms with Crippen molar-refractivity contribution < 1.29 is 14.3 Å². The van der Waals surface area contributed by atoms with Crippen LogP contribution in [0.5, 0.6) is 0 Å². The van der Waals surface area contributed by atoms with Gasteiger partial charge in [-0.3, -0.25) is 4.79 Å². The Hall–Kier alpha value is -1.06. The number of Topliss-reactive ketones (excluding diaryl/α,β-unsaturated/α-hetero) is 1. The summed E-state index contributed by atoms with van der Waals surface area (Å²) in [6, 6.07) is -0.183. The molecular formula is C17H31NO3. The maximum Gasteiger partial charge on any atom is 0.407 e. The summed E-state index contributed by atoms with van der Waals surface area (Å²) < 4.78 is 5.27. The molecular weight excluding hydrogens is 266 g/mol. The van der Waals surface area contributed by atoms with E-state index in [1.165, 1.54) is 0 Å². The van der Waals surface area contributed by atoms with Gasteiger partial charge < -0.3 is 10.1 Å². The molecule has 3 atom stereocenters. The molecule has 0 aliphatic heterocycles. The first-order valence-corrected chi connectivity index (χ1v) is 7.92. The Balaban J connectivity index is 2.65. The van der Waals surface area contributed by atoms with Crippen molar-refractivity contribution in [2.45, 2.75) is 79.4 Å². The Labute approximate surface area is 129 Å². The van der Waals surface area contributed by atoms with Crippen LogP contribution in [0, 0.1) is 17.3 Å². The standard InChI is InChI=1S/C17H31NO3/c1-11(18-15(20)21-17(5,6)7)13-10-12(16(2,3)4)8-9-14(13)19/h11-13H,8-10H2,1-7H3,(H,18,20). The van der Waals surface area contributed by atoms with Gasteiger partial charge >= 0.3 is 6.09 Å². The van der Waals surface area contributed by atoms with Crippen LogP contribution in [0.25, 0.3) is 0 Å². The van der Waals surface area contributed by atoms with Gasteiger partial charge in [-0.2, -0.15) is 0 Å². The van der Waals surface area contributed by atoms with Gasteiger partial charge in [0.15, 0.2) is 0 Å². The number of hydrogen-bond donors (Lipinski definition) is 1. The zero-order chi connectivity index (χ0) is 16.4. The molecule has 4 nitrogen and oxygen atoms in total. The van der Waals surface area contributed by atoms with Crippen LogP contribution in [0.1, 0.15) is 67.7 Å². The molecule has 4 heteroatoms. The van der Waals surface area contributed by atoms with Gasteiger partial charge in [0, 0.05) is 18.4 Å². The van der Waals surface area contributed by atoms with Crippen LogP contribution in [0.4, 0.5) is 4.79 Å². The highest BCUT2D eigenvalue weighted by atomic mass is 16.6. The van der Waals surface area contributed by atoms with Crippen molar-refractivity contribution in [3.8, 4) is 0 Å². The van der Waals surface area contributed by atoms with Crippen molar-refractivity contribution in [3.63, 3.8) is 0 Å². The van der Waals surface area contributed by atoms with E-state index in [0.29, 0.717) is 12.3 Å². The van der Waals surface area contributed by atoms with Crippen LogP contribution >= 0.6 is 0 Å². The summed E-state index contributed by atoms with van der Waals surface area (Å²) in [6.07, 6.45) is 1.98. The summed E-state index contributed by atoms with van der Waals surface area (Å²) >= 11 is 0. The minimum atomic E-state index is -0.520. The molecule has 122 valence electrons. The number of rotatable bonds is 2. The molecule has 3 unspecified atom stereocenters. The van der Waals surface area contributed by atoms with Gasteiger partial charge in [0.25, 0.3) is 0 Å². The minimum Gasteiger partial charge on any atom is -0.444 e. The quantitative estimate of drug-likeness (QED) is 0.840. The lowest BCUT2D eigenvalue weighted by atomic mass is 9.67. The van der Waals surface area contributed by atoms with E-state index in [0.717, 1.165) is 12.8 Å². The molecule has 0 aromatic carbocycles. The van der Waals surface area contributed by atoms with Gasteiger partial charge in [0.2, 0.25) is 0 Å². The molecule has 0 aromatic heterocycles. The summed E-state index contributed by atoms with van der Waals surface area (Å²) in [5.41, 5.74) is -0.321. The predicted octanol–water partition coefficient (Wildman–Crippen LogP) is 3.93. The summed E-state index contributed by atoms with van der Waals surface area (Å²) in [4.78, 5) is 24.0. The van der Waals surface area contributed by atoms with Crippen molar-refractivity contribution >= 4 is 11.9 Å². The Morgan fingerprint density at radius 3 is 2.29 bits per heavy atom. The first-order valence-electron chi connectivity index (χ1n) is 7.92. The van der Waals surface area contributed by atoms with Crippen LogP contribution in [-0.4, -0.2) is 23.5 Å². The number of ether oxygens (including phenoxy) is 1. The lowest BCUT2D eigenvalue weighted by Gasteiger charge is -2.39. The maximum atomic E-state index is 12.2. The summed E-state index contributed by atoms with van der Waals surface area (Å²) in [5.74, 6) is 0.678. The number of hydrogen-bond acceptors (Lipinski definition) is 3. The largest absolute Gasteiger partial charge is 0.444 e. The third kappa shape index (κ3) is 5.68. The van der Waals surface area contributed by atoms with E-state index >= 15 is 0 Å². The number of alkyl carbamates (subject to hydrolysis) is 1. The van der Waals surface area contributed by atoms with Crippen LogP contribution in [0.2, 0.25) is 0 Å². The zero-order valence-corrected chi connectivity index (χ0v) is 14.6. The fraction of sp³-hybridized carbons (Fsp3) is 0.882. The van der Waals surface area contributed by atoms with E-state index < -0.39 is 11.7 Å². The summed E-state index contributed by atoms with van der Waals surface area (Å²) in [6.45, 7) is 14.1. The Bertz CT molecular complexity index is 390. The van der Waals surface area contributed by atoms with E-state index in [1.807, 2.05) is 27.7 Å². The smallest absolute Gasteiger partial charge is 0.407 e. The highest BCUT2D eigenvalue weighted by Crippen LogP contribution is 2.39. The molecule has 1 N–H and O–H groups in total. The third-order valence-electron chi connectivity index (χ3n) is 4.26. The van der Waals surface area contributed by atoms with E-state index in [4.69, 9.17) is 4.74 Å². The second-order valence-electron chi connectivity index (χ2n) is 8.35. The van der Waals surface area contributed by atoms with Crippen LogP contribution < -0.4 is 5.32 Å². The van der Waals surface area contributed by atoms with E-state index in [2.05, 4.69) is 26.1 Å². The Morgan fingerprint density at radius 1 is 1.24 bits per heavy atom. The molecule has 0 aromatic rings. The molecule has 1 fully saturated rings. The van der Waals surface area contributed by atoms with Gasteiger partial charge in [-0.25, -0.2) is 4.79 Å². The van der Waals surface area contributed by atoms with Crippen LogP contribution in [-0.2, 0) is 9.53 Å². The number of ketones is 1. The lowest BCUT2D eigenvalue weighted by Crippen LogP contribution is -2.46. The van der Waals surface area contributed by atoms with Crippen LogP contribution in [0.3, 0.4) is 0 Å². The summed E-state index contributed by atoms with van der Waals surface area (Å²) in [7, 11) is 0. The molecule has 0 radical (unpaired) electrons. The average molecular weight is 297 g/mol. The van der Waals surface area contributed by atoms with Gasteiger partial charge in [0.1, 0.15) is 11.4 Å². The van der Waals surface area contributed by atoms with E-state index in [9.17, 15) is 9.59 Å². The average Bonchev–Trinajstić information content (AvgIpc) is 2.24. The van der Waals surface area contributed by atoms with Gasteiger partial charge in [0.05, 0.1) is 0 Å². The van der Waals surface area contributed by atoms with Crippen molar-refractivity contribution in [2.75, 3.05) is 0 Å². The highest BCUT2D eigenvalue weighted by molar-refractivity contribution is 5.83. The van der Waals surface area contributed by atoms with Crippen molar-refractivity contribution in [3.05, 3.63) is 0 Å². The normalized spacial score (nSPS) is 25.4. The molecule has 0 spiro atoms. The highest BCUT2D eigenvalue weighted by Gasteiger charge is 2.38. The molecule has 1 aliphatic carbocycles. The first-order chi connectivity index (χ1) is 9.40. The second-order valence-corrected chi connectivity index (χ2v) is 8.35. The first kappa shape index (κ1) is 18.0. The van der Waals surface area contributed by atoms with Gasteiger partial charge in [-0.15, -0.1) is 0 Å². The lowest BCUT2D eigenvalue weighted by molar-refractivity contribution is -0.127. The maximum absolute atomic E-state index is 12.2. The molecule has 1 amide bonds. The number of carbonyl (C=O) groups is 2. The van der Waals surface area contributed by atoms with E-state index in [1.54, 1.807) is 0 Å². The number of amides is 1. The van der Waals surface area contributed by atoms with Crippen molar-refractivity contribution in [2.24, 2.45) is 17.3 Å². The van der Waals surface area contributed by atoms with E-state index in [-0.39, 0.29) is 23.2 Å². The number of nitrogens with one attached hydrogen (secondary N) is 1. The Morgan fingerprint density at radius 2 is 1.81 bits per heavy atom. The monoisotopic (exact) mass is 297 g/mol. The molecule has 1 saturated carbocycles. The van der Waals surface area contributed by atoms with Gasteiger partial charge in [-0.05, 0) is 51.9 Å². The van der Waals surface area contributed by atoms with Gasteiger partial charge in [-0.1, -0.05) is 20.8 Å². The van der Waals surface area contributed by atoms with Crippen LogP contribution in [0.15, 0.2) is 0 Å². The minimum absolute atomic E-state index is 0.101. The molecule has 0 bridgehead atoms. The molecule has 0 heterocycles.